The number of hydrogen-bond acceptors (Lipinski definition) is 3. The molecule has 1 unspecified atom stereocenters. The Morgan fingerprint density at radius 1 is 1.21 bits per heavy atom. The molecule has 0 radical (unpaired) electrons. The van der Waals surface area contributed by atoms with Crippen LogP contribution in [-0.4, -0.2) is 34.0 Å². The number of amides is 1. The van der Waals surface area contributed by atoms with E-state index in [1.165, 1.54) is 53.5 Å². The lowest BCUT2D eigenvalue weighted by atomic mass is 9.94. The second-order valence-corrected chi connectivity index (χ2v) is 10.9. The second kappa shape index (κ2) is 9.18. The Hall–Kier alpha value is -2.66. The maximum absolute atomic E-state index is 13.2. The highest BCUT2D eigenvalue weighted by Crippen LogP contribution is 2.50. The number of nitrogens with zero attached hydrogens (tertiary/aromatic N) is 2. The zero-order valence-electron chi connectivity index (χ0n) is 21.0. The lowest BCUT2D eigenvalue weighted by Crippen LogP contribution is -2.45. The third-order valence-corrected chi connectivity index (χ3v) is 8.06. The molecule has 2 aromatic heterocycles. The quantitative estimate of drug-likeness (QED) is 0.421. The topological polar surface area (TPSA) is 75.0 Å². The summed E-state index contributed by atoms with van der Waals surface area (Å²) in [6.07, 6.45) is 8.70. The number of carbonyl (C=O) groups excluding carboxylic acids is 1. The van der Waals surface area contributed by atoms with E-state index in [0.717, 1.165) is 24.1 Å². The standard InChI is InChI=1S/C29H38N4O/c1-17(2)27-24-15-20(9-10-25(24)32-28(27)21-11-12-31-18(3)13-21)22-16-23(22)29(34)33(4)26(30)14-19-7-5-6-8-19/h9-13,15,17,19,22-23,26,32H,5-8,14,16,30H2,1-4H3/t22-,23+,26?/m0/s1. The lowest BCUT2D eigenvalue weighted by Gasteiger charge is -2.27. The summed E-state index contributed by atoms with van der Waals surface area (Å²) in [6, 6.07) is 10.9. The van der Waals surface area contributed by atoms with Crippen molar-refractivity contribution >= 4 is 16.8 Å². The number of aromatic nitrogens is 2. The number of benzene rings is 1. The van der Waals surface area contributed by atoms with Crippen molar-refractivity contribution in [3.8, 4) is 11.3 Å². The molecule has 5 rings (SSSR count). The van der Waals surface area contributed by atoms with E-state index in [1.807, 2.05) is 25.1 Å². The van der Waals surface area contributed by atoms with E-state index in [1.54, 1.807) is 0 Å². The third-order valence-electron chi connectivity index (χ3n) is 8.06. The van der Waals surface area contributed by atoms with Crippen LogP contribution in [0, 0.1) is 18.8 Å². The molecule has 3 aromatic rings. The van der Waals surface area contributed by atoms with Crippen molar-refractivity contribution in [1.82, 2.24) is 14.9 Å². The van der Waals surface area contributed by atoms with Gasteiger partial charge < -0.3 is 15.6 Å². The first-order valence-electron chi connectivity index (χ1n) is 12.9. The molecule has 2 heterocycles. The maximum Gasteiger partial charge on any atom is 0.227 e. The molecular weight excluding hydrogens is 420 g/mol. The number of pyridine rings is 1. The summed E-state index contributed by atoms with van der Waals surface area (Å²) in [4.78, 5) is 23.0. The van der Waals surface area contributed by atoms with Gasteiger partial charge in [0, 0.05) is 41.3 Å². The minimum atomic E-state index is -0.164. The number of aromatic amines is 1. The van der Waals surface area contributed by atoms with Crippen LogP contribution in [0.2, 0.25) is 0 Å². The summed E-state index contributed by atoms with van der Waals surface area (Å²) in [6.45, 7) is 6.52. The van der Waals surface area contributed by atoms with Gasteiger partial charge in [-0.15, -0.1) is 0 Å². The molecule has 0 bridgehead atoms. The minimum Gasteiger partial charge on any atom is -0.354 e. The Labute approximate surface area is 203 Å². The predicted octanol–water partition coefficient (Wildman–Crippen LogP) is 6.09. The zero-order valence-corrected chi connectivity index (χ0v) is 21.0. The molecule has 5 heteroatoms. The fourth-order valence-corrected chi connectivity index (χ4v) is 6.00. The van der Waals surface area contributed by atoms with Crippen molar-refractivity contribution in [3.63, 3.8) is 0 Å². The maximum atomic E-state index is 13.2. The van der Waals surface area contributed by atoms with E-state index >= 15 is 0 Å². The first-order chi connectivity index (χ1) is 16.3. The van der Waals surface area contributed by atoms with E-state index in [9.17, 15) is 4.79 Å². The third kappa shape index (κ3) is 4.38. The molecule has 1 amide bonds. The Morgan fingerprint density at radius 2 is 1.97 bits per heavy atom. The summed E-state index contributed by atoms with van der Waals surface area (Å²) in [5, 5.41) is 1.27. The van der Waals surface area contributed by atoms with Gasteiger partial charge in [0.15, 0.2) is 0 Å². The van der Waals surface area contributed by atoms with Crippen molar-refractivity contribution in [1.29, 1.82) is 0 Å². The highest BCUT2D eigenvalue weighted by molar-refractivity contribution is 5.92. The van der Waals surface area contributed by atoms with Crippen molar-refractivity contribution in [2.24, 2.45) is 17.6 Å². The van der Waals surface area contributed by atoms with Crippen LogP contribution in [0.3, 0.4) is 0 Å². The molecule has 0 saturated heterocycles. The average molecular weight is 459 g/mol. The molecule has 3 N–H and O–H groups in total. The molecule has 1 aromatic carbocycles. The van der Waals surface area contributed by atoms with Gasteiger partial charge in [-0.2, -0.15) is 0 Å². The van der Waals surface area contributed by atoms with E-state index in [2.05, 4.69) is 54.1 Å². The lowest BCUT2D eigenvalue weighted by molar-refractivity contribution is -0.133. The van der Waals surface area contributed by atoms with Gasteiger partial charge in [0.25, 0.3) is 0 Å². The number of carbonyl (C=O) groups is 1. The number of aryl methyl sites for hydroxylation is 1. The first-order valence-corrected chi connectivity index (χ1v) is 12.9. The molecule has 2 aliphatic carbocycles. The fraction of sp³-hybridized carbons (Fsp3) is 0.517. The van der Waals surface area contributed by atoms with Gasteiger partial charge in [0.05, 0.1) is 11.9 Å². The Balaban J connectivity index is 1.36. The van der Waals surface area contributed by atoms with Gasteiger partial charge in [-0.1, -0.05) is 45.6 Å². The van der Waals surface area contributed by atoms with Crippen molar-refractivity contribution in [2.75, 3.05) is 7.05 Å². The van der Waals surface area contributed by atoms with Crippen LogP contribution in [0.25, 0.3) is 22.2 Å². The highest BCUT2D eigenvalue weighted by Gasteiger charge is 2.46. The fourth-order valence-electron chi connectivity index (χ4n) is 6.00. The van der Waals surface area contributed by atoms with Crippen molar-refractivity contribution < 1.29 is 4.79 Å². The number of fused-ring (bicyclic) bond motifs is 1. The van der Waals surface area contributed by atoms with Crippen molar-refractivity contribution in [2.45, 2.75) is 77.3 Å². The number of H-pyrrole nitrogens is 1. The molecule has 34 heavy (non-hydrogen) atoms. The van der Waals surface area contributed by atoms with Gasteiger partial charge in [-0.3, -0.25) is 9.78 Å². The molecule has 0 spiro atoms. The second-order valence-electron chi connectivity index (χ2n) is 10.9. The average Bonchev–Trinajstić information content (AvgIpc) is 3.26. The van der Waals surface area contributed by atoms with Crippen LogP contribution in [0.4, 0.5) is 0 Å². The number of nitrogens with two attached hydrogens (primary N) is 1. The van der Waals surface area contributed by atoms with E-state index in [0.29, 0.717) is 17.8 Å². The monoisotopic (exact) mass is 458 g/mol. The van der Waals surface area contributed by atoms with Crippen molar-refractivity contribution in [3.05, 3.63) is 53.3 Å². The van der Waals surface area contributed by atoms with Crippen LogP contribution < -0.4 is 5.73 Å². The van der Waals surface area contributed by atoms with Gasteiger partial charge in [0.1, 0.15) is 0 Å². The van der Waals surface area contributed by atoms with Crippen LogP contribution >= 0.6 is 0 Å². The van der Waals surface area contributed by atoms with E-state index < -0.39 is 0 Å². The molecule has 2 saturated carbocycles. The number of nitrogens with one attached hydrogen (secondary N) is 1. The largest absolute Gasteiger partial charge is 0.354 e. The van der Waals surface area contributed by atoms with Gasteiger partial charge in [-0.25, -0.2) is 0 Å². The first kappa shape index (κ1) is 23.1. The predicted molar refractivity (Wildman–Crippen MR) is 139 cm³/mol. The number of hydrogen-bond donors (Lipinski definition) is 2. The highest BCUT2D eigenvalue weighted by atomic mass is 16.2. The zero-order chi connectivity index (χ0) is 24.0. The SMILES string of the molecule is Cc1cc(-c2[nH]c3ccc([C@@H]4C[C@H]4C(=O)N(C)C(N)CC4CCCC4)cc3c2C(C)C)ccn1. The molecule has 5 nitrogen and oxygen atoms in total. The molecule has 3 atom stereocenters. The summed E-state index contributed by atoms with van der Waals surface area (Å²) in [5.74, 6) is 1.62. The Kier molecular flexibility index (Phi) is 6.24. The van der Waals surface area contributed by atoms with Crippen LogP contribution in [0.1, 0.15) is 81.0 Å². The molecular formula is C29H38N4O. The van der Waals surface area contributed by atoms with Crippen LogP contribution in [0.15, 0.2) is 36.5 Å². The smallest absolute Gasteiger partial charge is 0.227 e. The van der Waals surface area contributed by atoms with E-state index in [-0.39, 0.29) is 18.0 Å². The van der Waals surface area contributed by atoms with Gasteiger partial charge in [0.2, 0.25) is 5.91 Å². The van der Waals surface area contributed by atoms with E-state index in [4.69, 9.17) is 5.73 Å². The van der Waals surface area contributed by atoms with Crippen LogP contribution in [0.5, 0.6) is 0 Å². The Morgan fingerprint density at radius 3 is 2.68 bits per heavy atom. The molecule has 2 fully saturated rings. The summed E-state index contributed by atoms with van der Waals surface area (Å²) < 4.78 is 0. The number of rotatable bonds is 7. The van der Waals surface area contributed by atoms with Crippen LogP contribution in [-0.2, 0) is 4.79 Å². The summed E-state index contributed by atoms with van der Waals surface area (Å²) in [5.41, 5.74) is 13.6. The summed E-state index contributed by atoms with van der Waals surface area (Å²) in [7, 11) is 1.90. The minimum absolute atomic E-state index is 0.0563. The summed E-state index contributed by atoms with van der Waals surface area (Å²) >= 11 is 0. The normalized spacial score (nSPS) is 21.4. The molecule has 0 aliphatic heterocycles. The van der Waals surface area contributed by atoms with Gasteiger partial charge >= 0.3 is 0 Å². The molecule has 180 valence electrons. The van der Waals surface area contributed by atoms with Gasteiger partial charge in [-0.05, 0) is 72.9 Å². The Bertz CT molecular complexity index is 1190. The molecule has 2 aliphatic rings.